The van der Waals surface area contributed by atoms with Gasteiger partial charge >= 0.3 is 0 Å². The third-order valence-corrected chi connectivity index (χ3v) is 2.66. The van der Waals surface area contributed by atoms with Crippen LogP contribution in [0.4, 0.5) is 0 Å². The van der Waals surface area contributed by atoms with E-state index in [9.17, 15) is 0 Å². The average molecular weight is 202 g/mol. The second kappa shape index (κ2) is 9.44. The van der Waals surface area contributed by atoms with Crippen LogP contribution in [0.5, 0.6) is 0 Å². The van der Waals surface area contributed by atoms with E-state index >= 15 is 0 Å². The molecule has 0 aliphatic rings. The lowest BCUT2D eigenvalue weighted by atomic mass is 10.2. The molecular formula is C11H26N2O. The van der Waals surface area contributed by atoms with Gasteiger partial charge in [0.15, 0.2) is 0 Å². The fourth-order valence-electron chi connectivity index (χ4n) is 1.41. The molecule has 3 nitrogen and oxygen atoms in total. The number of nitrogens with one attached hydrogen (secondary N) is 1. The molecule has 0 aliphatic heterocycles. The molecule has 1 N–H and O–H groups in total. The van der Waals surface area contributed by atoms with E-state index < -0.39 is 0 Å². The second-order valence-electron chi connectivity index (χ2n) is 3.76. The van der Waals surface area contributed by atoms with E-state index in [1.165, 1.54) is 19.4 Å². The van der Waals surface area contributed by atoms with Gasteiger partial charge in [-0.15, -0.1) is 0 Å². The van der Waals surface area contributed by atoms with Gasteiger partial charge in [-0.25, -0.2) is 0 Å². The summed E-state index contributed by atoms with van der Waals surface area (Å²) in [6.45, 7) is 8.64. The van der Waals surface area contributed by atoms with Crippen LogP contribution in [0.2, 0.25) is 0 Å². The maximum atomic E-state index is 5.07. The third kappa shape index (κ3) is 7.30. The Morgan fingerprint density at radius 3 is 2.57 bits per heavy atom. The average Bonchev–Trinajstić information content (AvgIpc) is 2.22. The van der Waals surface area contributed by atoms with Crippen molar-refractivity contribution >= 4 is 0 Å². The van der Waals surface area contributed by atoms with Crippen molar-refractivity contribution in [2.24, 2.45) is 0 Å². The predicted molar refractivity (Wildman–Crippen MR) is 61.7 cm³/mol. The molecule has 0 spiro atoms. The molecule has 0 aromatic rings. The number of hydrogen-bond acceptors (Lipinski definition) is 3. The molecular weight excluding hydrogens is 176 g/mol. The standard InChI is InChI=1S/C11H26N2O/c1-5-13(9-10-14-4)8-6-7-11(2)12-3/h11-12H,5-10H2,1-4H3. The fraction of sp³-hybridized carbons (Fsp3) is 1.00. The first-order valence-electron chi connectivity index (χ1n) is 5.63. The molecule has 0 heterocycles. The molecule has 86 valence electrons. The monoisotopic (exact) mass is 202 g/mol. The van der Waals surface area contributed by atoms with Crippen LogP contribution in [0.15, 0.2) is 0 Å². The molecule has 0 rings (SSSR count). The van der Waals surface area contributed by atoms with Crippen LogP contribution in [0.3, 0.4) is 0 Å². The quantitative estimate of drug-likeness (QED) is 0.611. The summed E-state index contributed by atoms with van der Waals surface area (Å²) in [4.78, 5) is 2.44. The molecule has 14 heavy (non-hydrogen) atoms. The predicted octanol–water partition coefficient (Wildman–Crippen LogP) is 1.34. The van der Waals surface area contributed by atoms with Gasteiger partial charge in [0, 0.05) is 19.7 Å². The molecule has 3 heteroatoms. The van der Waals surface area contributed by atoms with Gasteiger partial charge in [-0.3, -0.25) is 0 Å². The zero-order chi connectivity index (χ0) is 10.8. The minimum Gasteiger partial charge on any atom is -0.383 e. The summed E-state index contributed by atoms with van der Waals surface area (Å²) in [5, 5.41) is 3.26. The van der Waals surface area contributed by atoms with E-state index in [0.717, 1.165) is 19.7 Å². The molecule has 0 aliphatic carbocycles. The molecule has 0 aromatic carbocycles. The summed E-state index contributed by atoms with van der Waals surface area (Å²) in [6, 6.07) is 0.635. The molecule has 0 amide bonds. The minimum atomic E-state index is 0.635. The lowest BCUT2D eigenvalue weighted by molar-refractivity contribution is 0.149. The molecule has 0 bridgehead atoms. The van der Waals surface area contributed by atoms with Crippen molar-refractivity contribution in [3.05, 3.63) is 0 Å². The van der Waals surface area contributed by atoms with Crippen molar-refractivity contribution in [1.29, 1.82) is 0 Å². The molecule has 0 saturated heterocycles. The Morgan fingerprint density at radius 2 is 2.07 bits per heavy atom. The molecule has 0 saturated carbocycles. The van der Waals surface area contributed by atoms with Crippen molar-refractivity contribution in [2.75, 3.05) is 40.4 Å². The number of methoxy groups -OCH3 is 1. The third-order valence-electron chi connectivity index (χ3n) is 2.66. The number of ether oxygens (including phenoxy) is 1. The molecule has 1 atom stereocenters. The Bertz CT molecular complexity index is 120. The Labute approximate surface area is 88.8 Å². The van der Waals surface area contributed by atoms with Crippen LogP contribution in [-0.2, 0) is 4.74 Å². The zero-order valence-electron chi connectivity index (χ0n) is 10.2. The van der Waals surface area contributed by atoms with Crippen LogP contribution < -0.4 is 5.32 Å². The normalized spacial score (nSPS) is 13.5. The van der Waals surface area contributed by atoms with E-state index in [4.69, 9.17) is 4.74 Å². The van der Waals surface area contributed by atoms with Gasteiger partial charge in [-0.05, 0) is 39.9 Å². The molecule has 0 fully saturated rings. The fourth-order valence-corrected chi connectivity index (χ4v) is 1.41. The first kappa shape index (κ1) is 13.9. The van der Waals surface area contributed by atoms with Gasteiger partial charge < -0.3 is 15.0 Å². The summed E-state index contributed by atoms with van der Waals surface area (Å²) in [5.74, 6) is 0. The number of nitrogens with zero attached hydrogens (tertiary/aromatic N) is 1. The smallest absolute Gasteiger partial charge is 0.0589 e. The number of likely N-dealkylation sites (N-methyl/N-ethyl adjacent to an activating group) is 1. The van der Waals surface area contributed by atoms with Crippen molar-refractivity contribution in [1.82, 2.24) is 10.2 Å². The van der Waals surface area contributed by atoms with E-state index in [2.05, 4.69) is 24.1 Å². The molecule has 0 radical (unpaired) electrons. The zero-order valence-corrected chi connectivity index (χ0v) is 10.2. The van der Waals surface area contributed by atoms with Crippen molar-refractivity contribution in [3.8, 4) is 0 Å². The first-order valence-corrected chi connectivity index (χ1v) is 5.63. The van der Waals surface area contributed by atoms with Crippen molar-refractivity contribution < 1.29 is 4.74 Å². The van der Waals surface area contributed by atoms with Gasteiger partial charge in [0.1, 0.15) is 0 Å². The summed E-state index contributed by atoms with van der Waals surface area (Å²) in [7, 11) is 3.78. The van der Waals surface area contributed by atoms with E-state index in [0.29, 0.717) is 6.04 Å². The van der Waals surface area contributed by atoms with Crippen LogP contribution in [0, 0.1) is 0 Å². The highest BCUT2D eigenvalue weighted by Crippen LogP contribution is 1.98. The molecule has 0 aromatic heterocycles. The van der Waals surface area contributed by atoms with E-state index in [1.54, 1.807) is 7.11 Å². The Kier molecular flexibility index (Phi) is 9.35. The largest absolute Gasteiger partial charge is 0.383 e. The Balaban J connectivity index is 3.42. The summed E-state index contributed by atoms with van der Waals surface area (Å²) < 4.78 is 5.07. The topological polar surface area (TPSA) is 24.5 Å². The van der Waals surface area contributed by atoms with Crippen LogP contribution in [0.1, 0.15) is 26.7 Å². The Hall–Kier alpha value is -0.120. The van der Waals surface area contributed by atoms with Crippen molar-refractivity contribution in [3.63, 3.8) is 0 Å². The minimum absolute atomic E-state index is 0.635. The second-order valence-corrected chi connectivity index (χ2v) is 3.76. The lowest BCUT2D eigenvalue weighted by Gasteiger charge is -2.20. The number of hydrogen-bond donors (Lipinski definition) is 1. The summed E-state index contributed by atoms with van der Waals surface area (Å²) >= 11 is 0. The highest BCUT2D eigenvalue weighted by molar-refractivity contribution is 4.60. The highest BCUT2D eigenvalue weighted by Gasteiger charge is 2.03. The Morgan fingerprint density at radius 1 is 1.36 bits per heavy atom. The first-order chi connectivity index (χ1) is 6.74. The van der Waals surface area contributed by atoms with E-state index in [-0.39, 0.29) is 0 Å². The number of rotatable bonds is 9. The van der Waals surface area contributed by atoms with Gasteiger partial charge in [0.05, 0.1) is 6.61 Å². The maximum absolute atomic E-state index is 5.07. The summed E-state index contributed by atoms with van der Waals surface area (Å²) in [5.41, 5.74) is 0. The van der Waals surface area contributed by atoms with Crippen LogP contribution >= 0.6 is 0 Å². The summed E-state index contributed by atoms with van der Waals surface area (Å²) in [6.07, 6.45) is 2.51. The lowest BCUT2D eigenvalue weighted by Crippen LogP contribution is -2.29. The van der Waals surface area contributed by atoms with Gasteiger partial charge in [-0.2, -0.15) is 0 Å². The maximum Gasteiger partial charge on any atom is 0.0589 e. The van der Waals surface area contributed by atoms with Crippen molar-refractivity contribution in [2.45, 2.75) is 32.7 Å². The SMILES string of the molecule is CCN(CCCC(C)NC)CCOC. The van der Waals surface area contributed by atoms with Crippen LogP contribution in [-0.4, -0.2) is 51.3 Å². The van der Waals surface area contributed by atoms with E-state index in [1.807, 2.05) is 7.05 Å². The van der Waals surface area contributed by atoms with Gasteiger partial charge in [0.25, 0.3) is 0 Å². The molecule has 1 unspecified atom stereocenters. The van der Waals surface area contributed by atoms with Crippen LogP contribution in [0.25, 0.3) is 0 Å². The highest BCUT2D eigenvalue weighted by atomic mass is 16.5. The van der Waals surface area contributed by atoms with Gasteiger partial charge in [0.2, 0.25) is 0 Å². The van der Waals surface area contributed by atoms with Gasteiger partial charge in [-0.1, -0.05) is 6.92 Å².